The second kappa shape index (κ2) is 6.84. The zero-order valence-corrected chi connectivity index (χ0v) is 13.1. The summed E-state index contributed by atoms with van der Waals surface area (Å²) in [6.07, 6.45) is 1.35. The van der Waals surface area contributed by atoms with Gasteiger partial charge in [-0.25, -0.2) is 8.78 Å². The number of carbonyl (C=O) groups excluding carboxylic acids is 2. The Morgan fingerprint density at radius 3 is 2.62 bits per heavy atom. The number of hydrogen-bond acceptors (Lipinski definition) is 4. The number of halogens is 2. The molecular formula is C17H12F2N2O2S. The highest BCUT2D eigenvalue weighted by Gasteiger charge is 2.34. The molecule has 0 bridgehead atoms. The Hall–Kier alpha value is -2.67. The van der Waals surface area contributed by atoms with Gasteiger partial charge in [0.1, 0.15) is 11.6 Å². The van der Waals surface area contributed by atoms with Crippen LogP contribution >= 0.6 is 11.8 Å². The molecule has 1 saturated heterocycles. The molecule has 0 spiro atoms. The van der Waals surface area contributed by atoms with E-state index in [9.17, 15) is 18.4 Å². The molecule has 1 N–H and O–H groups in total. The molecule has 1 heterocycles. The highest BCUT2D eigenvalue weighted by Crippen LogP contribution is 2.32. The van der Waals surface area contributed by atoms with E-state index in [-0.39, 0.29) is 17.1 Å². The molecule has 2 aromatic carbocycles. The molecule has 4 nitrogen and oxygen atoms in total. The summed E-state index contributed by atoms with van der Waals surface area (Å²) < 4.78 is 26.8. The van der Waals surface area contributed by atoms with E-state index in [1.165, 1.54) is 36.4 Å². The molecule has 122 valence electrons. The fourth-order valence-corrected chi connectivity index (χ4v) is 2.97. The van der Waals surface area contributed by atoms with E-state index in [2.05, 4.69) is 5.32 Å². The molecule has 1 fully saturated rings. The average Bonchev–Trinajstić information content (AvgIpc) is 2.82. The van der Waals surface area contributed by atoms with Crippen LogP contribution in [0.1, 0.15) is 5.56 Å². The SMILES string of the molecule is O=C1S/C(=C/c2ccccc2F)C(=O)N1CNc1cccc(F)c1. The van der Waals surface area contributed by atoms with Crippen molar-refractivity contribution in [1.82, 2.24) is 4.90 Å². The summed E-state index contributed by atoms with van der Waals surface area (Å²) in [4.78, 5) is 25.4. The maximum atomic E-state index is 13.7. The molecule has 2 amide bonds. The molecule has 7 heteroatoms. The van der Waals surface area contributed by atoms with Crippen LogP contribution in [-0.2, 0) is 4.79 Å². The van der Waals surface area contributed by atoms with Gasteiger partial charge in [0, 0.05) is 11.3 Å². The van der Waals surface area contributed by atoms with Crippen LogP contribution in [0.3, 0.4) is 0 Å². The van der Waals surface area contributed by atoms with Crippen LogP contribution in [0, 0.1) is 11.6 Å². The molecule has 0 aliphatic carbocycles. The fraction of sp³-hybridized carbons (Fsp3) is 0.0588. The van der Waals surface area contributed by atoms with Gasteiger partial charge in [0.25, 0.3) is 11.1 Å². The maximum Gasteiger partial charge on any atom is 0.295 e. The smallest absolute Gasteiger partial charge is 0.295 e. The van der Waals surface area contributed by atoms with Crippen molar-refractivity contribution in [3.05, 3.63) is 70.6 Å². The Labute approximate surface area is 141 Å². The van der Waals surface area contributed by atoms with Crippen molar-refractivity contribution in [3.63, 3.8) is 0 Å². The number of amides is 2. The summed E-state index contributed by atoms with van der Waals surface area (Å²) in [6.45, 7) is -0.0945. The topological polar surface area (TPSA) is 49.4 Å². The molecule has 24 heavy (non-hydrogen) atoms. The minimum atomic E-state index is -0.517. The van der Waals surface area contributed by atoms with Crippen LogP contribution in [0.2, 0.25) is 0 Å². The van der Waals surface area contributed by atoms with Gasteiger partial charge in [-0.05, 0) is 42.1 Å². The van der Waals surface area contributed by atoms with Gasteiger partial charge in [0.15, 0.2) is 0 Å². The van der Waals surface area contributed by atoms with Crippen molar-refractivity contribution in [2.45, 2.75) is 0 Å². The molecule has 0 atom stereocenters. The quantitative estimate of drug-likeness (QED) is 0.848. The number of nitrogens with zero attached hydrogens (tertiary/aromatic N) is 1. The van der Waals surface area contributed by atoms with E-state index >= 15 is 0 Å². The van der Waals surface area contributed by atoms with Gasteiger partial charge >= 0.3 is 0 Å². The lowest BCUT2D eigenvalue weighted by Crippen LogP contribution is -2.33. The fourth-order valence-electron chi connectivity index (χ4n) is 2.14. The van der Waals surface area contributed by atoms with Crippen LogP contribution in [0.4, 0.5) is 19.3 Å². The van der Waals surface area contributed by atoms with Gasteiger partial charge in [0.2, 0.25) is 0 Å². The first-order chi connectivity index (χ1) is 11.5. The Balaban J connectivity index is 1.73. The largest absolute Gasteiger partial charge is 0.367 e. The number of carbonyl (C=O) groups is 2. The van der Waals surface area contributed by atoms with Crippen molar-refractivity contribution in [1.29, 1.82) is 0 Å². The summed E-state index contributed by atoms with van der Waals surface area (Å²) in [7, 11) is 0. The molecule has 0 aromatic heterocycles. The van der Waals surface area contributed by atoms with E-state index in [4.69, 9.17) is 0 Å². The number of anilines is 1. The van der Waals surface area contributed by atoms with E-state index in [0.29, 0.717) is 5.69 Å². The lowest BCUT2D eigenvalue weighted by Gasteiger charge is -2.14. The van der Waals surface area contributed by atoms with E-state index in [0.717, 1.165) is 16.7 Å². The van der Waals surface area contributed by atoms with Gasteiger partial charge in [-0.1, -0.05) is 24.3 Å². The summed E-state index contributed by atoms with van der Waals surface area (Å²) in [5.41, 5.74) is 0.688. The van der Waals surface area contributed by atoms with Crippen LogP contribution < -0.4 is 5.32 Å². The number of benzene rings is 2. The number of hydrogen-bond donors (Lipinski definition) is 1. The standard InChI is InChI=1S/C17H12F2N2O2S/c18-12-5-3-6-13(9-12)20-10-21-16(22)15(24-17(21)23)8-11-4-1-2-7-14(11)19/h1-9,20H,10H2/b15-8+. The third kappa shape index (κ3) is 3.46. The van der Waals surface area contributed by atoms with Crippen LogP contribution in [0.15, 0.2) is 53.4 Å². The van der Waals surface area contributed by atoms with Crippen LogP contribution in [0.25, 0.3) is 6.08 Å². The molecular weight excluding hydrogens is 334 g/mol. The van der Waals surface area contributed by atoms with E-state index in [1.54, 1.807) is 18.2 Å². The first-order valence-electron chi connectivity index (χ1n) is 7.04. The molecule has 3 rings (SSSR count). The highest BCUT2D eigenvalue weighted by atomic mass is 32.2. The highest BCUT2D eigenvalue weighted by molar-refractivity contribution is 8.18. The van der Waals surface area contributed by atoms with Crippen molar-refractivity contribution in [2.75, 3.05) is 12.0 Å². The zero-order valence-electron chi connectivity index (χ0n) is 12.3. The Morgan fingerprint density at radius 1 is 1.08 bits per heavy atom. The summed E-state index contributed by atoms with van der Waals surface area (Å²) in [6, 6.07) is 11.7. The normalized spacial score (nSPS) is 16.1. The summed E-state index contributed by atoms with van der Waals surface area (Å²) in [5, 5.41) is 2.35. The Kier molecular flexibility index (Phi) is 4.61. The number of imide groups is 1. The van der Waals surface area contributed by atoms with Crippen molar-refractivity contribution in [3.8, 4) is 0 Å². The first kappa shape index (κ1) is 16.2. The Bertz CT molecular complexity index is 839. The van der Waals surface area contributed by atoms with Crippen molar-refractivity contribution >= 4 is 34.7 Å². The minimum Gasteiger partial charge on any atom is -0.367 e. The van der Waals surface area contributed by atoms with Gasteiger partial charge in [-0.15, -0.1) is 0 Å². The van der Waals surface area contributed by atoms with Gasteiger partial charge in [-0.3, -0.25) is 14.5 Å². The first-order valence-corrected chi connectivity index (χ1v) is 7.85. The number of rotatable bonds is 4. The van der Waals surface area contributed by atoms with Gasteiger partial charge in [0.05, 0.1) is 11.6 Å². The zero-order chi connectivity index (χ0) is 17.1. The summed E-state index contributed by atoms with van der Waals surface area (Å²) >= 11 is 0.741. The number of nitrogens with one attached hydrogen (secondary N) is 1. The van der Waals surface area contributed by atoms with Crippen LogP contribution in [0.5, 0.6) is 0 Å². The predicted molar refractivity (Wildman–Crippen MR) is 89.1 cm³/mol. The molecule has 1 aliphatic rings. The maximum absolute atomic E-state index is 13.7. The van der Waals surface area contributed by atoms with Gasteiger partial charge < -0.3 is 5.32 Å². The predicted octanol–water partition coefficient (Wildman–Crippen LogP) is 4.07. The summed E-state index contributed by atoms with van der Waals surface area (Å²) in [5.74, 6) is -1.41. The molecule has 0 saturated carbocycles. The third-order valence-electron chi connectivity index (χ3n) is 3.33. The molecule has 0 radical (unpaired) electrons. The van der Waals surface area contributed by atoms with Crippen LogP contribution in [-0.4, -0.2) is 22.7 Å². The minimum absolute atomic E-state index is 0.0945. The molecule has 0 unspecified atom stereocenters. The second-order valence-electron chi connectivity index (χ2n) is 4.98. The second-order valence-corrected chi connectivity index (χ2v) is 5.97. The molecule has 2 aromatic rings. The monoisotopic (exact) mass is 346 g/mol. The van der Waals surface area contributed by atoms with Crippen molar-refractivity contribution in [2.24, 2.45) is 0 Å². The average molecular weight is 346 g/mol. The lowest BCUT2D eigenvalue weighted by molar-refractivity contribution is -0.122. The molecule has 1 aliphatic heterocycles. The lowest BCUT2D eigenvalue weighted by atomic mass is 10.2. The van der Waals surface area contributed by atoms with E-state index in [1.807, 2.05) is 0 Å². The van der Waals surface area contributed by atoms with Gasteiger partial charge in [-0.2, -0.15) is 0 Å². The number of thioether (sulfide) groups is 1. The Morgan fingerprint density at radius 2 is 1.88 bits per heavy atom. The van der Waals surface area contributed by atoms with Crippen molar-refractivity contribution < 1.29 is 18.4 Å². The third-order valence-corrected chi connectivity index (χ3v) is 4.24. The van der Waals surface area contributed by atoms with E-state index < -0.39 is 22.8 Å².